The maximum Gasteiger partial charge on any atom is 0.341 e. The molecule has 2 N–H and O–H groups in total. The van der Waals surface area contributed by atoms with Crippen LogP contribution in [0.15, 0.2) is 23.4 Å². The van der Waals surface area contributed by atoms with Gasteiger partial charge in [-0.1, -0.05) is 36.7 Å². The van der Waals surface area contributed by atoms with Crippen molar-refractivity contribution in [2.75, 3.05) is 23.8 Å². The van der Waals surface area contributed by atoms with Crippen molar-refractivity contribution in [3.05, 3.63) is 44.8 Å². The Labute approximate surface area is 195 Å². The van der Waals surface area contributed by atoms with E-state index in [4.69, 9.17) is 21.2 Å². The van der Waals surface area contributed by atoms with E-state index in [2.05, 4.69) is 15.8 Å². The molecule has 1 heterocycles. The fraction of sp³-hybridized carbons (Fsp3) is 0.364. The second-order valence-electron chi connectivity index (χ2n) is 7.25. The number of anilines is 2. The molecule has 172 valence electrons. The Balaban J connectivity index is 1.93. The molecule has 0 saturated heterocycles. The highest BCUT2D eigenvalue weighted by atomic mass is 35.5. The minimum atomic E-state index is -0.552. The average Bonchev–Trinajstić information content (AvgIpc) is 3.12. The monoisotopic (exact) mass is 479 g/mol. The van der Waals surface area contributed by atoms with E-state index in [1.54, 1.807) is 19.1 Å². The smallest absolute Gasteiger partial charge is 0.341 e. The molecule has 2 amide bonds. The van der Waals surface area contributed by atoms with Gasteiger partial charge in [-0.2, -0.15) is 0 Å². The summed E-state index contributed by atoms with van der Waals surface area (Å²) in [5.41, 5.74) is 2.57. The normalized spacial score (nSPS) is 11.0. The van der Waals surface area contributed by atoms with E-state index in [0.29, 0.717) is 21.3 Å². The topological polar surface area (TPSA) is 106 Å². The van der Waals surface area contributed by atoms with Gasteiger partial charge in [0.25, 0.3) is 11.8 Å². The maximum absolute atomic E-state index is 12.2. The third-order valence-electron chi connectivity index (χ3n) is 4.19. The lowest BCUT2D eigenvalue weighted by molar-refractivity contribution is -0.120. The number of benzene rings is 1. The molecule has 0 aliphatic rings. The number of carbonyl (C=O) groups excluding carboxylic acids is 3. The third kappa shape index (κ3) is 7.06. The zero-order valence-electron chi connectivity index (χ0n) is 18.6. The molecule has 2 aromatic rings. The van der Waals surface area contributed by atoms with Gasteiger partial charge in [0.2, 0.25) is 0 Å². The second-order valence-corrected chi connectivity index (χ2v) is 8.74. The number of aryl methyl sites for hydroxylation is 2. The van der Waals surface area contributed by atoms with Crippen molar-refractivity contribution < 1.29 is 24.0 Å². The van der Waals surface area contributed by atoms with Gasteiger partial charge >= 0.3 is 5.97 Å². The molecular weight excluding hydrogens is 454 g/mol. The molecule has 2 rings (SSSR count). The van der Waals surface area contributed by atoms with Crippen LogP contribution in [0.4, 0.5) is 10.7 Å². The minimum absolute atomic E-state index is 0.184. The number of ether oxygens (including phenoxy) is 1. The molecule has 0 spiro atoms. The summed E-state index contributed by atoms with van der Waals surface area (Å²) >= 11 is 7.46. The van der Waals surface area contributed by atoms with Crippen LogP contribution >= 0.6 is 22.9 Å². The SMILES string of the molecule is CCOC(=O)c1cc(C(C)C)sc1NC(=O)CON=CC(=O)Nc1c(C)cc(C)cc1Cl. The van der Waals surface area contributed by atoms with Crippen molar-refractivity contribution in [1.29, 1.82) is 0 Å². The quantitative estimate of drug-likeness (QED) is 0.302. The highest BCUT2D eigenvalue weighted by Gasteiger charge is 2.20. The molecule has 1 aromatic carbocycles. The number of amides is 2. The van der Waals surface area contributed by atoms with Gasteiger partial charge in [0.15, 0.2) is 6.61 Å². The number of nitrogens with one attached hydrogen (secondary N) is 2. The zero-order chi connectivity index (χ0) is 23.8. The summed E-state index contributed by atoms with van der Waals surface area (Å²) in [5, 5.41) is 9.58. The first-order chi connectivity index (χ1) is 15.1. The molecule has 0 unspecified atom stereocenters. The molecule has 0 saturated carbocycles. The van der Waals surface area contributed by atoms with Crippen LogP contribution in [0, 0.1) is 13.8 Å². The zero-order valence-corrected chi connectivity index (χ0v) is 20.1. The van der Waals surface area contributed by atoms with E-state index in [0.717, 1.165) is 22.2 Å². The molecule has 0 radical (unpaired) electrons. The number of hydrogen-bond acceptors (Lipinski definition) is 7. The Bertz CT molecular complexity index is 1010. The molecule has 1 aromatic heterocycles. The van der Waals surface area contributed by atoms with E-state index in [-0.39, 0.29) is 12.5 Å². The first-order valence-electron chi connectivity index (χ1n) is 9.96. The van der Waals surface area contributed by atoms with Gasteiger partial charge in [-0.25, -0.2) is 4.79 Å². The molecule has 0 aliphatic carbocycles. The van der Waals surface area contributed by atoms with E-state index in [1.165, 1.54) is 11.3 Å². The van der Waals surface area contributed by atoms with Gasteiger partial charge in [-0.05, 0) is 49.9 Å². The van der Waals surface area contributed by atoms with Crippen LogP contribution < -0.4 is 10.6 Å². The number of oxime groups is 1. The van der Waals surface area contributed by atoms with Gasteiger partial charge in [-0.3, -0.25) is 9.59 Å². The minimum Gasteiger partial charge on any atom is -0.462 e. The van der Waals surface area contributed by atoms with Crippen molar-refractivity contribution in [2.24, 2.45) is 5.16 Å². The predicted octanol–water partition coefficient (Wildman–Crippen LogP) is 4.90. The molecule has 0 bridgehead atoms. The molecular formula is C22H26ClN3O5S. The fourth-order valence-corrected chi connectivity index (χ4v) is 4.15. The van der Waals surface area contributed by atoms with Gasteiger partial charge in [0, 0.05) is 4.88 Å². The van der Waals surface area contributed by atoms with Crippen molar-refractivity contribution in [3.8, 4) is 0 Å². The Kier molecular flexibility index (Phi) is 9.22. The standard InChI is InChI=1S/C22H26ClN3O5S/c1-6-30-22(29)15-9-17(12(2)3)32-21(15)26-19(28)11-31-24-10-18(27)25-20-14(5)7-13(4)8-16(20)23/h7-10,12H,6,11H2,1-5H3,(H,25,27)(H,26,28). The lowest BCUT2D eigenvalue weighted by Gasteiger charge is -2.09. The Hall–Kier alpha value is -2.91. The molecule has 32 heavy (non-hydrogen) atoms. The summed E-state index contributed by atoms with van der Waals surface area (Å²) in [6, 6.07) is 5.34. The van der Waals surface area contributed by atoms with Crippen molar-refractivity contribution >= 4 is 57.6 Å². The number of hydrogen-bond donors (Lipinski definition) is 2. The summed E-state index contributed by atoms with van der Waals surface area (Å²) in [5.74, 6) is -1.40. The van der Waals surface area contributed by atoms with Crippen molar-refractivity contribution in [3.63, 3.8) is 0 Å². The van der Waals surface area contributed by atoms with Crippen LogP contribution in [0.2, 0.25) is 5.02 Å². The highest BCUT2D eigenvalue weighted by molar-refractivity contribution is 7.16. The summed E-state index contributed by atoms with van der Waals surface area (Å²) in [6.45, 7) is 9.20. The van der Waals surface area contributed by atoms with Crippen LogP contribution in [-0.4, -0.2) is 37.2 Å². The first-order valence-corrected chi connectivity index (χ1v) is 11.2. The fourth-order valence-electron chi connectivity index (χ4n) is 2.72. The molecule has 0 atom stereocenters. The third-order valence-corrected chi connectivity index (χ3v) is 5.84. The summed E-state index contributed by atoms with van der Waals surface area (Å²) in [4.78, 5) is 42.2. The second kappa shape index (κ2) is 11.6. The van der Waals surface area contributed by atoms with E-state index < -0.39 is 24.4 Å². The van der Waals surface area contributed by atoms with Gasteiger partial charge < -0.3 is 20.2 Å². The van der Waals surface area contributed by atoms with Crippen LogP contribution in [0.3, 0.4) is 0 Å². The highest BCUT2D eigenvalue weighted by Crippen LogP contribution is 2.33. The Morgan fingerprint density at radius 3 is 2.53 bits per heavy atom. The van der Waals surface area contributed by atoms with Crippen LogP contribution in [-0.2, 0) is 19.2 Å². The maximum atomic E-state index is 12.2. The number of thiophene rings is 1. The van der Waals surface area contributed by atoms with Crippen molar-refractivity contribution in [2.45, 2.75) is 40.5 Å². The molecule has 0 aliphatic heterocycles. The van der Waals surface area contributed by atoms with Gasteiger partial charge in [0.1, 0.15) is 11.2 Å². The predicted molar refractivity (Wildman–Crippen MR) is 127 cm³/mol. The number of rotatable bonds is 9. The number of nitrogens with zero attached hydrogens (tertiary/aromatic N) is 1. The Morgan fingerprint density at radius 2 is 1.91 bits per heavy atom. The van der Waals surface area contributed by atoms with Crippen LogP contribution in [0.1, 0.15) is 53.1 Å². The van der Waals surface area contributed by atoms with E-state index in [1.807, 2.05) is 33.8 Å². The lowest BCUT2D eigenvalue weighted by atomic mass is 10.1. The molecule has 0 fully saturated rings. The van der Waals surface area contributed by atoms with Crippen molar-refractivity contribution in [1.82, 2.24) is 0 Å². The van der Waals surface area contributed by atoms with Crippen LogP contribution in [0.25, 0.3) is 0 Å². The average molecular weight is 480 g/mol. The number of esters is 1. The van der Waals surface area contributed by atoms with Crippen LogP contribution in [0.5, 0.6) is 0 Å². The number of halogens is 1. The van der Waals surface area contributed by atoms with Gasteiger partial charge in [0.05, 0.1) is 22.9 Å². The summed E-state index contributed by atoms with van der Waals surface area (Å²) < 4.78 is 5.05. The van der Waals surface area contributed by atoms with Gasteiger partial charge in [-0.15, -0.1) is 11.3 Å². The summed E-state index contributed by atoms with van der Waals surface area (Å²) in [7, 11) is 0. The largest absolute Gasteiger partial charge is 0.462 e. The lowest BCUT2D eigenvalue weighted by Crippen LogP contribution is -2.19. The molecule has 8 nitrogen and oxygen atoms in total. The number of carbonyl (C=O) groups is 3. The first kappa shape index (κ1) is 25.4. The molecule has 10 heteroatoms. The Morgan fingerprint density at radius 1 is 1.19 bits per heavy atom. The van der Waals surface area contributed by atoms with E-state index in [9.17, 15) is 14.4 Å². The van der Waals surface area contributed by atoms with E-state index >= 15 is 0 Å². The summed E-state index contributed by atoms with van der Waals surface area (Å²) in [6.07, 6.45) is 0.912.